The van der Waals surface area contributed by atoms with Gasteiger partial charge in [0.25, 0.3) is 0 Å². The van der Waals surface area contributed by atoms with E-state index in [9.17, 15) is 0 Å². The van der Waals surface area contributed by atoms with Crippen LogP contribution in [0, 0.1) is 11.3 Å². The third-order valence-electron chi connectivity index (χ3n) is 3.88. The van der Waals surface area contributed by atoms with Gasteiger partial charge in [-0.15, -0.1) is 11.3 Å². The quantitative estimate of drug-likeness (QED) is 0.709. The van der Waals surface area contributed by atoms with Crippen molar-refractivity contribution in [3.63, 3.8) is 0 Å². The summed E-state index contributed by atoms with van der Waals surface area (Å²) in [5.41, 5.74) is 1.34. The van der Waals surface area contributed by atoms with Gasteiger partial charge in [-0.3, -0.25) is 0 Å². The largest absolute Gasteiger partial charge is 0.352 e. The molecule has 1 fully saturated rings. The molecule has 4 rings (SSSR count). The molecule has 114 valence electrons. The zero-order valence-electron chi connectivity index (χ0n) is 12.3. The molecule has 4 heterocycles. The standard InChI is InChI=1S/C15H13N7S/c16-7-11-8-18-13(9-17-11)21-2-4-22(5-3-21)15-14-12(1-6-23-14)19-10-20-15/h1,6,8-10H,2-5H2. The molecular weight excluding hydrogens is 310 g/mol. The van der Waals surface area contributed by atoms with Gasteiger partial charge in [-0.25, -0.2) is 19.9 Å². The highest BCUT2D eigenvalue weighted by molar-refractivity contribution is 7.17. The van der Waals surface area contributed by atoms with Gasteiger partial charge in [-0.2, -0.15) is 5.26 Å². The van der Waals surface area contributed by atoms with Gasteiger partial charge < -0.3 is 9.80 Å². The first-order valence-electron chi connectivity index (χ1n) is 7.25. The van der Waals surface area contributed by atoms with Crippen molar-refractivity contribution in [1.29, 1.82) is 5.26 Å². The van der Waals surface area contributed by atoms with Gasteiger partial charge in [0, 0.05) is 26.2 Å². The lowest BCUT2D eigenvalue weighted by Crippen LogP contribution is -2.47. The Labute approximate surface area is 136 Å². The summed E-state index contributed by atoms with van der Waals surface area (Å²) in [5, 5.41) is 10.8. The van der Waals surface area contributed by atoms with Gasteiger partial charge in [-0.1, -0.05) is 0 Å². The summed E-state index contributed by atoms with van der Waals surface area (Å²) in [5.74, 6) is 1.82. The highest BCUT2D eigenvalue weighted by Gasteiger charge is 2.21. The summed E-state index contributed by atoms with van der Waals surface area (Å²) < 4.78 is 1.14. The van der Waals surface area contributed by atoms with E-state index in [1.165, 1.54) is 6.20 Å². The Bertz CT molecular complexity index is 859. The second kappa shape index (κ2) is 5.78. The minimum atomic E-state index is 0.341. The molecule has 0 saturated carbocycles. The fourth-order valence-electron chi connectivity index (χ4n) is 2.69. The maximum Gasteiger partial charge on any atom is 0.158 e. The lowest BCUT2D eigenvalue weighted by atomic mass is 10.3. The summed E-state index contributed by atoms with van der Waals surface area (Å²) in [6, 6.07) is 4.01. The molecule has 0 radical (unpaired) electrons. The number of anilines is 2. The van der Waals surface area contributed by atoms with E-state index >= 15 is 0 Å². The number of rotatable bonds is 2. The number of fused-ring (bicyclic) bond motifs is 1. The normalized spacial score (nSPS) is 14.9. The fraction of sp³-hybridized carbons (Fsp3) is 0.267. The first kappa shape index (κ1) is 13.8. The Morgan fingerprint density at radius 3 is 2.57 bits per heavy atom. The molecular formula is C15H13N7S. The lowest BCUT2D eigenvalue weighted by molar-refractivity contribution is 0.642. The summed E-state index contributed by atoms with van der Waals surface area (Å²) >= 11 is 1.68. The minimum absolute atomic E-state index is 0.341. The molecule has 3 aromatic heterocycles. The van der Waals surface area contributed by atoms with Crippen molar-refractivity contribution in [1.82, 2.24) is 19.9 Å². The van der Waals surface area contributed by atoms with E-state index in [0.29, 0.717) is 5.69 Å². The van der Waals surface area contributed by atoms with E-state index < -0.39 is 0 Å². The number of hydrogen-bond donors (Lipinski definition) is 0. The van der Waals surface area contributed by atoms with Crippen LogP contribution in [0.5, 0.6) is 0 Å². The Morgan fingerprint density at radius 2 is 1.83 bits per heavy atom. The van der Waals surface area contributed by atoms with E-state index in [2.05, 4.69) is 29.7 Å². The van der Waals surface area contributed by atoms with Crippen LogP contribution in [0.25, 0.3) is 10.2 Å². The van der Waals surface area contributed by atoms with Gasteiger partial charge in [0.15, 0.2) is 5.69 Å². The molecule has 0 aliphatic carbocycles. The molecule has 0 spiro atoms. The number of aromatic nitrogens is 4. The first-order valence-corrected chi connectivity index (χ1v) is 8.13. The topological polar surface area (TPSA) is 81.8 Å². The van der Waals surface area contributed by atoms with Crippen molar-refractivity contribution in [3.05, 3.63) is 35.9 Å². The molecule has 0 aromatic carbocycles. The van der Waals surface area contributed by atoms with Crippen molar-refractivity contribution in [2.45, 2.75) is 0 Å². The monoisotopic (exact) mass is 323 g/mol. The molecule has 0 atom stereocenters. The molecule has 0 amide bonds. The molecule has 8 heteroatoms. The molecule has 1 aliphatic heterocycles. The number of nitrogens with zero attached hydrogens (tertiary/aromatic N) is 7. The fourth-order valence-corrected chi connectivity index (χ4v) is 3.55. The second-order valence-corrected chi connectivity index (χ2v) is 6.09. The van der Waals surface area contributed by atoms with Crippen LogP contribution in [0.2, 0.25) is 0 Å². The number of nitriles is 1. The van der Waals surface area contributed by atoms with Gasteiger partial charge in [0.1, 0.15) is 24.0 Å². The predicted octanol–water partition coefficient (Wildman–Crippen LogP) is 1.68. The molecule has 0 N–H and O–H groups in total. The van der Waals surface area contributed by atoms with Crippen LogP contribution >= 0.6 is 11.3 Å². The van der Waals surface area contributed by atoms with E-state index in [4.69, 9.17) is 5.26 Å². The van der Waals surface area contributed by atoms with Crippen molar-refractivity contribution in [2.24, 2.45) is 0 Å². The number of hydrogen-bond acceptors (Lipinski definition) is 8. The molecule has 0 bridgehead atoms. The average Bonchev–Trinajstić information content (AvgIpc) is 3.11. The van der Waals surface area contributed by atoms with E-state index in [0.717, 1.165) is 48.0 Å². The molecule has 7 nitrogen and oxygen atoms in total. The molecule has 0 unspecified atom stereocenters. The minimum Gasteiger partial charge on any atom is -0.352 e. The van der Waals surface area contributed by atoms with Crippen LogP contribution in [0.15, 0.2) is 30.2 Å². The average molecular weight is 323 g/mol. The van der Waals surface area contributed by atoms with E-state index in [1.54, 1.807) is 23.9 Å². The predicted molar refractivity (Wildman–Crippen MR) is 88.6 cm³/mol. The highest BCUT2D eigenvalue weighted by atomic mass is 32.1. The third-order valence-corrected chi connectivity index (χ3v) is 4.78. The van der Waals surface area contributed by atoms with Gasteiger partial charge in [-0.05, 0) is 11.4 Å². The summed E-state index contributed by atoms with van der Waals surface area (Å²) in [4.78, 5) is 21.6. The van der Waals surface area contributed by atoms with E-state index in [-0.39, 0.29) is 0 Å². The smallest absolute Gasteiger partial charge is 0.158 e. The van der Waals surface area contributed by atoms with Gasteiger partial charge >= 0.3 is 0 Å². The van der Waals surface area contributed by atoms with Crippen molar-refractivity contribution in [3.8, 4) is 6.07 Å². The number of piperazine rings is 1. The van der Waals surface area contributed by atoms with E-state index in [1.807, 2.05) is 17.5 Å². The van der Waals surface area contributed by atoms with Crippen LogP contribution in [-0.4, -0.2) is 46.1 Å². The second-order valence-electron chi connectivity index (χ2n) is 5.18. The van der Waals surface area contributed by atoms with Crippen LogP contribution in [-0.2, 0) is 0 Å². The first-order chi connectivity index (χ1) is 11.3. The van der Waals surface area contributed by atoms with Crippen molar-refractivity contribution < 1.29 is 0 Å². The number of thiophene rings is 1. The highest BCUT2D eigenvalue weighted by Crippen LogP contribution is 2.28. The Balaban J connectivity index is 1.50. The zero-order valence-corrected chi connectivity index (χ0v) is 13.1. The third kappa shape index (κ3) is 2.55. The zero-order chi connectivity index (χ0) is 15.6. The Morgan fingerprint density at radius 1 is 1.00 bits per heavy atom. The van der Waals surface area contributed by atoms with Crippen LogP contribution in [0.4, 0.5) is 11.6 Å². The van der Waals surface area contributed by atoms with Crippen molar-refractivity contribution >= 4 is 33.2 Å². The summed E-state index contributed by atoms with van der Waals surface area (Å²) in [6.07, 6.45) is 4.81. The molecule has 1 saturated heterocycles. The lowest BCUT2D eigenvalue weighted by Gasteiger charge is -2.35. The maximum absolute atomic E-state index is 8.78. The van der Waals surface area contributed by atoms with Gasteiger partial charge in [0.2, 0.25) is 0 Å². The SMILES string of the molecule is N#Cc1cnc(N2CCN(c3ncnc4ccsc34)CC2)cn1. The van der Waals surface area contributed by atoms with Gasteiger partial charge in [0.05, 0.1) is 22.6 Å². The summed E-state index contributed by atoms with van der Waals surface area (Å²) in [6.45, 7) is 3.42. The molecule has 1 aliphatic rings. The Kier molecular flexibility index (Phi) is 3.48. The molecule has 3 aromatic rings. The van der Waals surface area contributed by atoms with Crippen molar-refractivity contribution in [2.75, 3.05) is 36.0 Å². The summed E-state index contributed by atoms with van der Waals surface area (Å²) in [7, 11) is 0. The molecule has 23 heavy (non-hydrogen) atoms. The van der Waals surface area contributed by atoms with Crippen LogP contribution < -0.4 is 9.80 Å². The maximum atomic E-state index is 8.78. The Hall–Kier alpha value is -2.79. The van der Waals surface area contributed by atoms with Crippen LogP contribution in [0.3, 0.4) is 0 Å². The van der Waals surface area contributed by atoms with Crippen LogP contribution in [0.1, 0.15) is 5.69 Å².